The van der Waals surface area contributed by atoms with Gasteiger partial charge >= 0.3 is 0 Å². The van der Waals surface area contributed by atoms with Crippen LogP contribution in [0, 0.1) is 5.82 Å². The summed E-state index contributed by atoms with van der Waals surface area (Å²) in [6.45, 7) is 0. The van der Waals surface area contributed by atoms with Gasteiger partial charge in [-0.3, -0.25) is 4.72 Å². The van der Waals surface area contributed by atoms with Crippen molar-refractivity contribution in [2.75, 3.05) is 30.5 Å². The molecule has 0 unspecified atom stereocenters. The van der Waals surface area contributed by atoms with Crippen LogP contribution in [0.2, 0.25) is 5.02 Å². The first kappa shape index (κ1) is 23.9. The van der Waals surface area contributed by atoms with Crippen LogP contribution in [0.1, 0.15) is 0 Å². The number of aromatic nitrogens is 4. The summed E-state index contributed by atoms with van der Waals surface area (Å²) in [7, 11) is -1.35. The Bertz CT molecular complexity index is 1500. The molecule has 0 fully saturated rings. The van der Waals surface area contributed by atoms with Gasteiger partial charge in [-0.1, -0.05) is 35.5 Å². The molecular weight excluding hydrogens is 503 g/mol. The number of fused-ring (bicyclic) bond motifs is 1. The third-order valence-electron chi connectivity index (χ3n) is 4.77. The van der Waals surface area contributed by atoms with Gasteiger partial charge in [-0.05, 0) is 24.5 Å². The van der Waals surface area contributed by atoms with Crippen molar-refractivity contribution >= 4 is 55.9 Å². The minimum atomic E-state index is -4.27. The lowest BCUT2D eigenvalue weighted by atomic mass is 10.0. The standard InChI is InChI=1S/C21H18ClFN6O3S2/c1-24-19-14(7-11-9-26-21(33-3)28-18(11)27-19)13-5-4-6-15(17(13)23)29-34(30,31)16-8-12(22)10-25-20(16)32-2/h4-10,29H,1-3H3,(H,24,26,27,28). The molecule has 0 aliphatic carbocycles. The number of halogens is 2. The first-order valence-corrected chi connectivity index (χ1v) is 12.8. The second kappa shape index (κ2) is 9.57. The van der Waals surface area contributed by atoms with Crippen LogP contribution in [-0.2, 0) is 10.0 Å². The molecule has 4 aromatic rings. The van der Waals surface area contributed by atoms with Gasteiger partial charge in [0.25, 0.3) is 10.0 Å². The van der Waals surface area contributed by atoms with Crippen LogP contribution in [0.3, 0.4) is 0 Å². The summed E-state index contributed by atoms with van der Waals surface area (Å²) in [5.41, 5.74) is 0.723. The predicted molar refractivity (Wildman–Crippen MR) is 131 cm³/mol. The molecule has 3 aromatic heterocycles. The van der Waals surface area contributed by atoms with Crippen LogP contribution in [-0.4, -0.2) is 48.8 Å². The molecule has 3 heterocycles. The highest BCUT2D eigenvalue weighted by atomic mass is 35.5. The number of benzene rings is 1. The molecule has 176 valence electrons. The molecule has 0 aliphatic rings. The summed E-state index contributed by atoms with van der Waals surface area (Å²) in [4.78, 5) is 16.6. The van der Waals surface area contributed by atoms with Gasteiger partial charge in [0.05, 0.1) is 17.8 Å². The average Bonchev–Trinajstić information content (AvgIpc) is 2.84. The monoisotopic (exact) mass is 520 g/mol. The van der Waals surface area contributed by atoms with Gasteiger partial charge in [0.1, 0.15) is 5.82 Å². The van der Waals surface area contributed by atoms with E-state index in [1.54, 1.807) is 19.3 Å². The number of nitrogens with one attached hydrogen (secondary N) is 2. The number of nitrogens with zero attached hydrogens (tertiary/aromatic N) is 4. The quantitative estimate of drug-likeness (QED) is 0.269. The number of thioether (sulfide) groups is 1. The molecule has 13 heteroatoms. The second-order valence-electron chi connectivity index (χ2n) is 6.84. The molecule has 2 N–H and O–H groups in total. The van der Waals surface area contributed by atoms with E-state index in [9.17, 15) is 8.42 Å². The first-order chi connectivity index (χ1) is 16.3. The average molecular weight is 521 g/mol. The van der Waals surface area contributed by atoms with Crippen LogP contribution in [0.5, 0.6) is 5.88 Å². The predicted octanol–water partition coefficient (Wildman–Crippen LogP) is 4.45. The Hall–Kier alpha value is -3.22. The van der Waals surface area contributed by atoms with Gasteiger partial charge in [0.2, 0.25) is 5.88 Å². The zero-order valence-corrected chi connectivity index (χ0v) is 20.5. The lowest BCUT2D eigenvalue weighted by Crippen LogP contribution is -2.16. The molecule has 34 heavy (non-hydrogen) atoms. The van der Waals surface area contributed by atoms with E-state index in [2.05, 4.69) is 30.0 Å². The highest BCUT2D eigenvalue weighted by Gasteiger charge is 2.24. The minimum absolute atomic E-state index is 0.0862. The van der Waals surface area contributed by atoms with E-state index >= 15 is 4.39 Å². The Labute approximate surface area is 204 Å². The Morgan fingerprint density at radius 2 is 1.91 bits per heavy atom. The van der Waals surface area contributed by atoms with E-state index in [0.29, 0.717) is 27.6 Å². The number of rotatable bonds is 7. The van der Waals surface area contributed by atoms with Crippen molar-refractivity contribution < 1.29 is 17.5 Å². The fourth-order valence-corrected chi connectivity index (χ4v) is 4.98. The highest BCUT2D eigenvalue weighted by molar-refractivity contribution is 7.98. The fraction of sp³-hybridized carbons (Fsp3) is 0.143. The largest absolute Gasteiger partial charge is 0.480 e. The van der Waals surface area contributed by atoms with E-state index in [0.717, 1.165) is 0 Å². The SMILES string of the molecule is CNc1nc2nc(SC)ncc2cc1-c1cccc(NS(=O)(=O)c2cc(Cl)cnc2OC)c1F. The van der Waals surface area contributed by atoms with Crippen LogP contribution in [0.25, 0.3) is 22.2 Å². The molecule has 0 spiro atoms. The van der Waals surface area contributed by atoms with Gasteiger partial charge in [-0.2, -0.15) is 0 Å². The lowest BCUT2D eigenvalue weighted by Gasteiger charge is -2.15. The van der Waals surface area contributed by atoms with Crippen molar-refractivity contribution in [1.82, 2.24) is 19.9 Å². The molecule has 0 atom stereocenters. The Morgan fingerprint density at radius 3 is 2.62 bits per heavy atom. The summed E-state index contributed by atoms with van der Waals surface area (Å²) in [6, 6.07) is 7.23. The molecule has 0 saturated heterocycles. The molecule has 0 bridgehead atoms. The van der Waals surface area contributed by atoms with Crippen molar-refractivity contribution in [3.63, 3.8) is 0 Å². The third kappa shape index (κ3) is 4.56. The zero-order valence-electron chi connectivity index (χ0n) is 18.1. The van der Waals surface area contributed by atoms with E-state index in [4.69, 9.17) is 16.3 Å². The van der Waals surface area contributed by atoms with Gasteiger partial charge in [-0.15, -0.1) is 0 Å². The number of pyridine rings is 2. The van der Waals surface area contributed by atoms with E-state index in [1.807, 2.05) is 6.26 Å². The van der Waals surface area contributed by atoms with E-state index in [1.165, 1.54) is 49.3 Å². The Balaban J connectivity index is 1.80. The smallest absolute Gasteiger partial charge is 0.267 e. The summed E-state index contributed by atoms with van der Waals surface area (Å²) in [5.74, 6) is -0.591. The van der Waals surface area contributed by atoms with Gasteiger partial charge < -0.3 is 10.1 Å². The molecule has 4 rings (SSSR count). The molecule has 0 saturated carbocycles. The highest BCUT2D eigenvalue weighted by Crippen LogP contribution is 2.35. The van der Waals surface area contributed by atoms with E-state index < -0.39 is 15.8 Å². The Kier molecular flexibility index (Phi) is 6.73. The normalized spacial score (nSPS) is 11.4. The van der Waals surface area contributed by atoms with Crippen molar-refractivity contribution in [3.05, 3.63) is 53.6 Å². The summed E-state index contributed by atoms with van der Waals surface area (Å²) in [5, 5.41) is 4.19. The zero-order chi connectivity index (χ0) is 24.5. The molecule has 0 aliphatic heterocycles. The topological polar surface area (TPSA) is 119 Å². The maximum absolute atomic E-state index is 15.6. The van der Waals surface area contributed by atoms with Crippen molar-refractivity contribution in [2.24, 2.45) is 0 Å². The minimum Gasteiger partial charge on any atom is -0.480 e. The molecule has 0 amide bonds. The third-order valence-corrected chi connectivity index (χ3v) is 6.90. The number of methoxy groups -OCH3 is 1. The van der Waals surface area contributed by atoms with Crippen LogP contribution >= 0.6 is 23.4 Å². The van der Waals surface area contributed by atoms with Gasteiger partial charge in [-0.25, -0.2) is 32.7 Å². The fourth-order valence-electron chi connectivity index (χ4n) is 3.21. The molecule has 9 nitrogen and oxygen atoms in total. The molecular formula is C21H18ClFN6O3S2. The summed E-state index contributed by atoms with van der Waals surface area (Å²) < 4.78 is 48.9. The van der Waals surface area contributed by atoms with Gasteiger partial charge in [0.15, 0.2) is 21.5 Å². The summed E-state index contributed by atoms with van der Waals surface area (Å²) >= 11 is 7.29. The van der Waals surface area contributed by atoms with Crippen LogP contribution < -0.4 is 14.8 Å². The van der Waals surface area contributed by atoms with Crippen molar-refractivity contribution in [2.45, 2.75) is 10.1 Å². The maximum Gasteiger partial charge on any atom is 0.267 e. The molecule has 1 aromatic carbocycles. The van der Waals surface area contributed by atoms with Crippen molar-refractivity contribution in [3.8, 4) is 17.0 Å². The molecule has 0 radical (unpaired) electrons. The number of hydrogen-bond donors (Lipinski definition) is 2. The maximum atomic E-state index is 15.6. The Morgan fingerprint density at radius 1 is 1.12 bits per heavy atom. The number of hydrogen-bond acceptors (Lipinski definition) is 9. The number of sulfonamides is 1. The lowest BCUT2D eigenvalue weighted by molar-refractivity contribution is 0.385. The second-order valence-corrected chi connectivity index (χ2v) is 9.70. The van der Waals surface area contributed by atoms with Crippen LogP contribution in [0.15, 0.2) is 52.8 Å². The number of ether oxygens (including phenoxy) is 1. The van der Waals surface area contributed by atoms with Gasteiger partial charge in [0, 0.05) is 36.0 Å². The first-order valence-electron chi connectivity index (χ1n) is 9.68. The van der Waals surface area contributed by atoms with Crippen molar-refractivity contribution in [1.29, 1.82) is 0 Å². The number of anilines is 2. The summed E-state index contributed by atoms with van der Waals surface area (Å²) in [6.07, 6.45) is 4.71. The van der Waals surface area contributed by atoms with E-state index in [-0.39, 0.29) is 27.0 Å². The van der Waals surface area contributed by atoms with Crippen LogP contribution in [0.4, 0.5) is 15.9 Å².